The molecule has 2 fully saturated rings. The van der Waals surface area contributed by atoms with Crippen LogP contribution in [0.2, 0.25) is 0 Å². The lowest BCUT2D eigenvalue weighted by Crippen LogP contribution is -2.53. The quantitative estimate of drug-likeness (QED) is 0.704. The molecule has 1 aromatic carbocycles. The highest BCUT2D eigenvalue weighted by molar-refractivity contribution is 5.99. The zero-order chi connectivity index (χ0) is 18.9. The van der Waals surface area contributed by atoms with Crippen molar-refractivity contribution >= 4 is 16.8 Å². The molecule has 6 heteroatoms. The van der Waals surface area contributed by atoms with Crippen molar-refractivity contribution in [1.29, 1.82) is 0 Å². The van der Waals surface area contributed by atoms with Crippen molar-refractivity contribution in [3.05, 3.63) is 66.1 Å². The summed E-state index contributed by atoms with van der Waals surface area (Å²) in [5.74, 6) is 0.0536. The number of para-hydroxylation sites is 1. The van der Waals surface area contributed by atoms with Crippen LogP contribution in [0.3, 0.4) is 0 Å². The maximum Gasteiger partial charge on any atom is 0.270 e. The van der Waals surface area contributed by atoms with E-state index in [9.17, 15) is 4.79 Å². The number of carbonyl (C=O) groups is 1. The molecule has 28 heavy (non-hydrogen) atoms. The Morgan fingerprint density at radius 3 is 2.71 bits per heavy atom. The maximum absolute atomic E-state index is 13.5. The number of nitrogens with zero attached hydrogens (tertiary/aromatic N) is 3. The fraction of sp³-hybridized carbons (Fsp3) is 0.364. The Kier molecular flexibility index (Phi) is 4.58. The Morgan fingerprint density at radius 2 is 1.86 bits per heavy atom. The van der Waals surface area contributed by atoms with Crippen LogP contribution in [0.5, 0.6) is 0 Å². The molecule has 0 N–H and O–H groups in total. The number of piperidine rings is 1. The lowest BCUT2D eigenvalue weighted by molar-refractivity contribution is -0.160. The van der Waals surface area contributed by atoms with Gasteiger partial charge >= 0.3 is 0 Å². The molecule has 0 bridgehead atoms. The first kappa shape index (κ1) is 17.4. The highest BCUT2D eigenvalue weighted by Crippen LogP contribution is 2.26. The molecule has 5 rings (SSSR count). The number of aromatic nitrogens is 2. The lowest BCUT2D eigenvalue weighted by atomic mass is 10.0. The van der Waals surface area contributed by atoms with E-state index in [4.69, 9.17) is 9.47 Å². The van der Waals surface area contributed by atoms with E-state index in [1.807, 2.05) is 35.2 Å². The minimum atomic E-state index is -0.0236. The Hall–Kier alpha value is -2.70. The molecule has 0 aliphatic carbocycles. The molecule has 0 saturated carbocycles. The summed E-state index contributed by atoms with van der Waals surface area (Å²) < 4.78 is 13.8. The number of likely N-dealkylation sites (tertiary alicyclic amines) is 1. The number of hydrogen-bond acceptors (Lipinski definition) is 4. The van der Waals surface area contributed by atoms with Gasteiger partial charge in [0.05, 0.1) is 19.3 Å². The summed E-state index contributed by atoms with van der Waals surface area (Å²) in [6, 6.07) is 14.1. The smallest absolute Gasteiger partial charge is 0.270 e. The summed E-state index contributed by atoms with van der Waals surface area (Å²) in [4.78, 5) is 19.5. The fourth-order valence-corrected chi connectivity index (χ4v) is 4.22. The molecule has 3 aromatic rings. The van der Waals surface area contributed by atoms with Gasteiger partial charge in [-0.3, -0.25) is 9.78 Å². The minimum Gasteiger partial charge on any atom is -0.373 e. The number of benzene rings is 1. The van der Waals surface area contributed by atoms with Gasteiger partial charge in [0.1, 0.15) is 11.8 Å². The van der Waals surface area contributed by atoms with Crippen molar-refractivity contribution in [2.24, 2.45) is 0 Å². The second-order valence-corrected chi connectivity index (χ2v) is 7.39. The summed E-state index contributed by atoms with van der Waals surface area (Å²) in [7, 11) is 0. The molecule has 144 valence electrons. The Labute approximate surface area is 163 Å². The van der Waals surface area contributed by atoms with E-state index in [0.717, 1.165) is 22.9 Å². The average molecular weight is 377 g/mol. The average Bonchev–Trinajstić information content (AvgIpc) is 3.12. The van der Waals surface area contributed by atoms with E-state index in [1.54, 1.807) is 12.4 Å². The standard InChI is InChI=1S/C22H23N3O3/c26-22(24-10-7-20-21(15-24)28-12-11-27-20)19-13-17-3-1-2-4-18(17)25(19)14-16-5-8-23-9-6-16/h1-6,8-9,13,20-21H,7,10-12,14-15H2/t20-,21-/m0/s1. The van der Waals surface area contributed by atoms with Crippen LogP contribution in [-0.4, -0.2) is 58.9 Å². The van der Waals surface area contributed by atoms with Crippen molar-refractivity contribution in [1.82, 2.24) is 14.5 Å². The van der Waals surface area contributed by atoms with E-state index in [-0.39, 0.29) is 18.1 Å². The summed E-state index contributed by atoms with van der Waals surface area (Å²) in [5, 5.41) is 1.08. The van der Waals surface area contributed by atoms with Crippen LogP contribution < -0.4 is 0 Å². The van der Waals surface area contributed by atoms with Crippen molar-refractivity contribution in [3.8, 4) is 0 Å². The van der Waals surface area contributed by atoms with Crippen LogP contribution in [0, 0.1) is 0 Å². The third-order valence-electron chi connectivity index (χ3n) is 5.65. The van der Waals surface area contributed by atoms with Crippen molar-refractivity contribution in [2.45, 2.75) is 25.2 Å². The molecule has 6 nitrogen and oxygen atoms in total. The normalized spacial score (nSPS) is 22.2. The Morgan fingerprint density at radius 1 is 1.07 bits per heavy atom. The van der Waals surface area contributed by atoms with Gasteiger partial charge in [-0.05, 0) is 36.2 Å². The zero-order valence-electron chi connectivity index (χ0n) is 15.7. The van der Waals surface area contributed by atoms with Crippen LogP contribution in [0.15, 0.2) is 54.9 Å². The number of amides is 1. The van der Waals surface area contributed by atoms with Gasteiger partial charge in [-0.1, -0.05) is 18.2 Å². The Bertz CT molecular complexity index is 985. The molecule has 2 saturated heterocycles. The molecule has 2 aromatic heterocycles. The lowest BCUT2D eigenvalue weighted by Gasteiger charge is -2.40. The highest BCUT2D eigenvalue weighted by atomic mass is 16.6. The maximum atomic E-state index is 13.5. The number of rotatable bonds is 3. The van der Waals surface area contributed by atoms with Gasteiger partial charge in [0.25, 0.3) is 5.91 Å². The molecule has 2 aliphatic rings. The Balaban J connectivity index is 1.47. The van der Waals surface area contributed by atoms with Gasteiger partial charge < -0.3 is 18.9 Å². The van der Waals surface area contributed by atoms with Crippen molar-refractivity contribution in [3.63, 3.8) is 0 Å². The molecule has 1 amide bonds. The number of hydrogen-bond donors (Lipinski definition) is 0. The van der Waals surface area contributed by atoms with Crippen LogP contribution in [-0.2, 0) is 16.0 Å². The molecule has 4 heterocycles. The molecule has 0 spiro atoms. The van der Waals surface area contributed by atoms with Gasteiger partial charge in [0, 0.05) is 42.9 Å². The zero-order valence-corrected chi connectivity index (χ0v) is 15.7. The molecule has 2 atom stereocenters. The predicted molar refractivity (Wildman–Crippen MR) is 105 cm³/mol. The monoisotopic (exact) mass is 377 g/mol. The number of pyridine rings is 1. The number of carbonyl (C=O) groups excluding carboxylic acids is 1. The number of ether oxygens (including phenoxy) is 2. The third-order valence-corrected chi connectivity index (χ3v) is 5.65. The summed E-state index contributed by atoms with van der Waals surface area (Å²) in [6.45, 7) is 3.16. The summed E-state index contributed by atoms with van der Waals surface area (Å²) in [5.41, 5.74) is 2.90. The molecular weight excluding hydrogens is 354 g/mol. The fourth-order valence-electron chi connectivity index (χ4n) is 4.22. The first-order chi connectivity index (χ1) is 13.8. The van der Waals surface area contributed by atoms with Crippen LogP contribution in [0.4, 0.5) is 0 Å². The van der Waals surface area contributed by atoms with Crippen molar-refractivity contribution in [2.75, 3.05) is 26.3 Å². The third kappa shape index (κ3) is 3.19. The van der Waals surface area contributed by atoms with E-state index in [0.29, 0.717) is 38.5 Å². The summed E-state index contributed by atoms with van der Waals surface area (Å²) in [6.07, 6.45) is 4.48. The van der Waals surface area contributed by atoms with Gasteiger partial charge in [0.15, 0.2) is 0 Å². The first-order valence-corrected chi connectivity index (χ1v) is 9.79. The van der Waals surface area contributed by atoms with Gasteiger partial charge in [-0.25, -0.2) is 0 Å². The SMILES string of the molecule is O=C(c1cc2ccccc2n1Cc1ccncc1)N1CC[C@@H]2OCCO[C@H]2C1. The minimum absolute atomic E-state index is 0.0236. The van der Waals surface area contributed by atoms with Gasteiger partial charge in [-0.15, -0.1) is 0 Å². The van der Waals surface area contributed by atoms with E-state index < -0.39 is 0 Å². The molecule has 0 unspecified atom stereocenters. The first-order valence-electron chi connectivity index (χ1n) is 9.79. The number of fused-ring (bicyclic) bond motifs is 2. The second-order valence-electron chi connectivity index (χ2n) is 7.39. The van der Waals surface area contributed by atoms with Gasteiger partial charge in [-0.2, -0.15) is 0 Å². The largest absolute Gasteiger partial charge is 0.373 e. The van der Waals surface area contributed by atoms with E-state index in [2.05, 4.69) is 21.7 Å². The topological polar surface area (TPSA) is 56.6 Å². The van der Waals surface area contributed by atoms with Crippen LogP contribution >= 0.6 is 0 Å². The molecule has 2 aliphatic heterocycles. The predicted octanol–water partition coefficient (Wildman–Crippen LogP) is 2.71. The summed E-state index contributed by atoms with van der Waals surface area (Å²) >= 11 is 0. The van der Waals surface area contributed by atoms with Gasteiger partial charge in [0.2, 0.25) is 0 Å². The highest BCUT2D eigenvalue weighted by Gasteiger charge is 2.36. The molecule has 0 radical (unpaired) electrons. The van der Waals surface area contributed by atoms with Crippen LogP contribution in [0.1, 0.15) is 22.5 Å². The second kappa shape index (κ2) is 7.37. The van der Waals surface area contributed by atoms with Crippen LogP contribution in [0.25, 0.3) is 10.9 Å². The van der Waals surface area contributed by atoms with E-state index in [1.165, 1.54) is 0 Å². The van der Waals surface area contributed by atoms with E-state index >= 15 is 0 Å². The molecular formula is C22H23N3O3. The van der Waals surface area contributed by atoms with Crippen molar-refractivity contribution < 1.29 is 14.3 Å².